The van der Waals surface area contributed by atoms with Crippen LogP contribution < -0.4 is 10.2 Å². The Balaban J connectivity index is 2.07. The first-order chi connectivity index (χ1) is 9.78. The second-order valence-electron chi connectivity index (χ2n) is 4.98. The number of aromatic nitrogens is 2. The molecule has 5 heteroatoms. The summed E-state index contributed by atoms with van der Waals surface area (Å²) in [5, 5.41) is 2.88. The zero-order valence-corrected chi connectivity index (χ0v) is 11.6. The average Bonchev–Trinajstić information content (AvgIpc) is 3.00. The van der Waals surface area contributed by atoms with Gasteiger partial charge in [0, 0.05) is 19.5 Å². The third-order valence-corrected chi connectivity index (χ3v) is 3.54. The molecule has 1 aromatic carbocycles. The molecule has 0 bridgehead atoms. The second-order valence-corrected chi connectivity index (χ2v) is 4.98. The van der Waals surface area contributed by atoms with Crippen molar-refractivity contribution >= 4 is 28.6 Å². The summed E-state index contributed by atoms with van der Waals surface area (Å²) in [4.78, 5) is 23.2. The Kier molecular flexibility index (Phi) is 3.50. The second kappa shape index (κ2) is 5.45. The number of nitrogens with one attached hydrogen (secondary N) is 1. The van der Waals surface area contributed by atoms with Gasteiger partial charge in [0.1, 0.15) is 0 Å². The highest BCUT2D eigenvalue weighted by Gasteiger charge is 2.20. The fourth-order valence-corrected chi connectivity index (χ4v) is 2.44. The van der Waals surface area contributed by atoms with Crippen LogP contribution in [0.1, 0.15) is 26.2 Å². The maximum absolute atomic E-state index is 11.7. The van der Waals surface area contributed by atoms with E-state index in [0.29, 0.717) is 12.2 Å². The molecule has 1 aromatic heterocycles. The quantitative estimate of drug-likeness (QED) is 0.931. The van der Waals surface area contributed by atoms with Gasteiger partial charge in [0.15, 0.2) is 11.6 Å². The minimum Gasteiger partial charge on any atom is -0.354 e. The smallest absolute Gasteiger partial charge is 0.225 e. The molecule has 1 aliphatic heterocycles. The Bertz CT molecular complexity index is 635. The Labute approximate surface area is 118 Å². The molecule has 2 heterocycles. The standard InChI is InChI=1S/C15H18N4O/c1-2-13(20)18-14-15(19-9-5-6-10-19)17-12-8-4-3-7-11(12)16-14/h3-4,7-8H,2,5-6,9-10H2,1H3,(H,16,18,20). The van der Waals surface area contributed by atoms with Gasteiger partial charge in [-0.3, -0.25) is 4.79 Å². The lowest BCUT2D eigenvalue weighted by atomic mass is 10.3. The van der Waals surface area contributed by atoms with Gasteiger partial charge in [-0.05, 0) is 25.0 Å². The molecule has 1 amide bonds. The van der Waals surface area contributed by atoms with Gasteiger partial charge in [-0.25, -0.2) is 9.97 Å². The van der Waals surface area contributed by atoms with E-state index in [2.05, 4.69) is 15.2 Å². The molecule has 2 aromatic rings. The van der Waals surface area contributed by atoms with Crippen LogP contribution in [0.2, 0.25) is 0 Å². The number of carbonyl (C=O) groups is 1. The molecule has 5 nitrogen and oxygen atoms in total. The maximum atomic E-state index is 11.7. The van der Waals surface area contributed by atoms with E-state index in [4.69, 9.17) is 4.98 Å². The molecular formula is C15H18N4O. The van der Waals surface area contributed by atoms with Crippen molar-refractivity contribution in [2.45, 2.75) is 26.2 Å². The summed E-state index contributed by atoms with van der Waals surface area (Å²) < 4.78 is 0. The number of benzene rings is 1. The number of nitrogens with zero attached hydrogens (tertiary/aromatic N) is 3. The zero-order chi connectivity index (χ0) is 13.9. The normalized spacial score (nSPS) is 14.8. The van der Waals surface area contributed by atoms with Crippen molar-refractivity contribution in [2.24, 2.45) is 0 Å². The molecule has 104 valence electrons. The Morgan fingerprint density at radius 3 is 2.50 bits per heavy atom. The van der Waals surface area contributed by atoms with Crippen molar-refractivity contribution in [3.8, 4) is 0 Å². The highest BCUT2D eigenvalue weighted by molar-refractivity contribution is 5.94. The van der Waals surface area contributed by atoms with Crippen molar-refractivity contribution in [1.29, 1.82) is 0 Å². The van der Waals surface area contributed by atoms with Crippen molar-refractivity contribution in [3.63, 3.8) is 0 Å². The van der Waals surface area contributed by atoms with Crippen molar-refractivity contribution < 1.29 is 4.79 Å². The summed E-state index contributed by atoms with van der Waals surface area (Å²) >= 11 is 0. The van der Waals surface area contributed by atoms with Crippen LogP contribution in [0, 0.1) is 0 Å². The first-order valence-corrected chi connectivity index (χ1v) is 7.09. The number of hydrogen-bond acceptors (Lipinski definition) is 4. The fraction of sp³-hybridized carbons (Fsp3) is 0.400. The van der Waals surface area contributed by atoms with Gasteiger partial charge in [0.05, 0.1) is 11.0 Å². The number of amides is 1. The Morgan fingerprint density at radius 2 is 1.85 bits per heavy atom. The van der Waals surface area contributed by atoms with Crippen molar-refractivity contribution in [2.75, 3.05) is 23.3 Å². The SMILES string of the molecule is CCC(=O)Nc1nc2ccccc2nc1N1CCCC1. The van der Waals surface area contributed by atoms with Gasteiger partial charge in [0.25, 0.3) is 0 Å². The van der Waals surface area contributed by atoms with E-state index < -0.39 is 0 Å². The molecule has 1 fully saturated rings. The van der Waals surface area contributed by atoms with Crippen LogP contribution in [-0.2, 0) is 4.79 Å². The first kappa shape index (κ1) is 12.8. The lowest BCUT2D eigenvalue weighted by Crippen LogP contribution is -2.23. The summed E-state index contributed by atoms with van der Waals surface area (Å²) in [6.45, 7) is 3.78. The van der Waals surface area contributed by atoms with E-state index >= 15 is 0 Å². The van der Waals surface area contributed by atoms with Crippen molar-refractivity contribution in [1.82, 2.24) is 9.97 Å². The minimum atomic E-state index is -0.0324. The van der Waals surface area contributed by atoms with Crippen LogP contribution in [0.25, 0.3) is 11.0 Å². The van der Waals surface area contributed by atoms with E-state index in [9.17, 15) is 4.79 Å². The molecule has 0 saturated carbocycles. The fourth-order valence-electron chi connectivity index (χ4n) is 2.44. The first-order valence-electron chi connectivity index (χ1n) is 7.09. The van der Waals surface area contributed by atoms with Crippen LogP contribution in [-0.4, -0.2) is 29.0 Å². The van der Waals surface area contributed by atoms with Gasteiger partial charge in [-0.2, -0.15) is 0 Å². The summed E-state index contributed by atoms with van der Waals surface area (Å²) in [6.07, 6.45) is 2.76. The van der Waals surface area contributed by atoms with E-state index in [-0.39, 0.29) is 5.91 Å². The molecule has 0 unspecified atom stereocenters. The maximum Gasteiger partial charge on any atom is 0.225 e. The molecule has 1 aliphatic rings. The number of para-hydroxylation sites is 2. The molecule has 0 atom stereocenters. The number of carbonyl (C=O) groups excluding carboxylic acids is 1. The number of hydrogen-bond donors (Lipinski definition) is 1. The van der Waals surface area contributed by atoms with Gasteiger partial charge >= 0.3 is 0 Å². The highest BCUT2D eigenvalue weighted by atomic mass is 16.1. The highest BCUT2D eigenvalue weighted by Crippen LogP contribution is 2.27. The predicted octanol–water partition coefficient (Wildman–Crippen LogP) is 2.58. The summed E-state index contributed by atoms with van der Waals surface area (Å²) in [5.41, 5.74) is 1.67. The monoisotopic (exact) mass is 270 g/mol. The summed E-state index contributed by atoms with van der Waals surface area (Å²) in [6, 6.07) is 7.75. The molecule has 1 saturated heterocycles. The molecule has 20 heavy (non-hydrogen) atoms. The van der Waals surface area contributed by atoms with E-state index in [1.54, 1.807) is 0 Å². The lowest BCUT2D eigenvalue weighted by molar-refractivity contribution is -0.115. The largest absolute Gasteiger partial charge is 0.354 e. The van der Waals surface area contributed by atoms with Gasteiger partial charge in [-0.15, -0.1) is 0 Å². The molecule has 1 N–H and O–H groups in total. The Morgan fingerprint density at radius 1 is 1.20 bits per heavy atom. The van der Waals surface area contributed by atoms with Crippen LogP contribution in [0.3, 0.4) is 0 Å². The summed E-state index contributed by atoms with van der Waals surface area (Å²) in [5.74, 6) is 1.34. The minimum absolute atomic E-state index is 0.0324. The van der Waals surface area contributed by atoms with Crippen LogP contribution in [0.15, 0.2) is 24.3 Å². The lowest BCUT2D eigenvalue weighted by Gasteiger charge is -2.20. The number of anilines is 2. The Hall–Kier alpha value is -2.17. The zero-order valence-electron chi connectivity index (χ0n) is 11.6. The van der Waals surface area contributed by atoms with E-state index in [1.807, 2.05) is 31.2 Å². The molecule has 0 radical (unpaired) electrons. The van der Waals surface area contributed by atoms with Crippen molar-refractivity contribution in [3.05, 3.63) is 24.3 Å². The topological polar surface area (TPSA) is 58.1 Å². The number of rotatable bonds is 3. The van der Waals surface area contributed by atoms with E-state index in [1.165, 1.54) is 0 Å². The average molecular weight is 270 g/mol. The van der Waals surface area contributed by atoms with Gasteiger partial charge < -0.3 is 10.2 Å². The number of fused-ring (bicyclic) bond motifs is 1. The molecular weight excluding hydrogens is 252 g/mol. The summed E-state index contributed by atoms with van der Waals surface area (Å²) in [7, 11) is 0. The van der Waals surface area contributed by atoms with Crippen LogP contribution in [0.4, 0.5) is 11.6 Å². The van der Waals surface area contributed by atoms with Gasteiger partial charge in [0.2, 0.25) is 5.91 Å². The molecule has 3 rings (SSSR count). The van der Waals surface area contributed by atoms with Gasteiger partial charge in [-0.1, -0.05) is 19.1 Å². The van der Waals surface area contributed by atoms with Crippen LogP contribution >= 0.6 is 0 Å². The third-order valence-electron chi connectivity index (χ3n) is 3.54. The third kappa shape index (κ3) is 2.43. The van der Waals surface area contributed by atoms with Crippen LogP contribution in [0.5, 0.6) is 0 Å². The van der Waals surface area contributed by atoms with E-state index in [0.717, 1.165) is 42.8 Å². The predicted molar refractivity (Wildman–Crippen MR) is 79.9 cm³/mol. The molecule has 0 aliphatic carbocycles. The molecule has 0 spiro atoms.